The summed E-state index contributed by atoms with van der Waals surface area (Å²) in [4.78, 5) is 11.6. The predicted molar refractivity (Wildman–Crippen MR) is 67.2 cm³/mol. The lowest BCUT2D eigenvalue weighted by Crippen LogP contribution is -2.35. The average molecular weight is 226 g/mol. The van der Waals surface area contributed by atoms with Crippen LogP contribution in [0.15, 0.2) is 0 Å². The molecular formula is C13H26N2O. The first kappa shape index (κ1) is 13.5. The van der Waals surface area contributed by atoms with Gasteiger partial charge in [0.15, 0.2) is 0 Å². The number of hydrogen-bond acceptors (Lipinski definition) is 2. The Morgan fingerprint density at radius 1 is 1.06 bits per heavy atom. The summed E-state index contributed by atoms with van der Waals surface area (Å²) in [5.74, 6) is 0.221. The maximum atomic E-state index is 11.6. The number of amides is 1. The predicted octanol–water partition coefficient (Wildman–Crippen LogP) is 2.34. The number of hydrogen-bond donors (Lipinski definition) is 2. The van der Waals surface area contributed by atoms with Crippen LogP contribution in [-0.4, -0.2) is 18.5 Å². The first-order valence-corrected chi connectivity index (χ1v) is 6.82. The second kappa shape index (κ2) is 8.57. The van der Waals surface area contributed by atoms with Crippen LogP contribution >= 0.6 is 0 Å². The van der Waals surface area contributed by atoms with Crippen molar-refractivity contribution in [3.05, 3.63) is 0 Å². The van der Waals surface area contributed by atoms with E-state index in [1.807, 2.05) is 0 Å². The SMILES string of the molecule is NCCCCC(=O)NC1CCCCCCC1. The number of nitrogens with one attached hydrogen (secondary N) is 1. The Morgan fingerprint density at radius 2 is 1.69 bits per heavy atom. The Labute approximate surface area is 99.2 Å². The van der Waals surface area contributed by atoms with Gasteiger partial charge in [0.25, 0.3) is 0 Å². The molecule has 0 aromatic carbocycles. The highest BCUT2D eigenvalue weighted by molar-refractivity contribution is 5.76. The first-order valence-electron chi connectivity index (χ1n) is 6.82. The summed E-state index contributed by atoms with van der Waals surface area (Å²) < 4.78 is 0. The average Bonchev–Trinajstić information content (AvgIpc) is 2.22. The molecule has 0 aromatic heterocycles. The molecular weight excluding hydrogens is 200 g/mol. The molecule has 0 unspecified atom stereocenters. The summed E-state index contributed by atoms with van der Waals surface area (Å²) in [5.41, 5.74) is 5.41. The first-order chi connectivity index (χ1) is 7.83. The molecule has 0 radical (unpaired) electrons. The van der Waals surface area contributed by atoms with Crippen LogP contribution in [0.5, 0.6) is 0 Å². The summed E-state index contributed by atoms with van der Waals surface area (Å²) in [6, 6.07) is 0.436. The molecule has 1 aliphatic carbocycles. The summed E-state index contributed by atoms with van der Waals surface area (Å²) in [7, 11) is 0. The topological polar surface area (TPSA) is 55.1 Å². The van der Waals surface area contributed by atoms with Crippen molar-refractivity contribution in [2.45, 2.75) is 70.3 Å². The molecule has 16 heavy (non-hydrogen) atoms. The van der Waals surface area contributed by atoms with Gasteiger partial charge in [-0.1, -0.05) is 32.1 Å². The summed E-state index contributed by atoms with van der Waals surface area (Å²) in [6.07, 6.45) is 11.4. The highest BCUT2D eigenvalue weighted by atomic mass is 16.1. The summed E-state index contributed by atoms with van der Waals surface area (Å²) in [6.45, 7) is 0.691. The van der Waals surface area contributed by atoms with E-state index < -0.39 is 0 Å². The van der Waals surface area contributed by atoms with E-state index in [2.05, 4.69) is 5.32 Å². The van der Waals surface area contributed by atoms with Crippen molar-refractivity contribution in [2.75, 3.05) is 6.54 Å². The van der Waals surface area contributed by atoms with Crippen LogP contribution < -0.4 is 11.1 Å². The number of carbonyl (C=O) groups is 1. The molecule has 1 saturated carbocycles. The number of rotatable bonds is 5. The molecule has 0 bridgehead atoms. The second-order valence-corrected chi connectivity index (χ2v) is 4.86. The molecule has 3 nitrogen and oxygen atoms in total. The second-order valence-electron chi connectivity index (χ2n) is 4.86. The minimum atomic E-state index is 0.221. The van der Waals surface area contributed by atoms with Crippen LogP contribution in [0.1, 0.15) is 64.2 Å². The van der Waals surface area contributed by atoms with E-state index in [-0.39, 0.29) is 5.91 Å². The molecule has 1 amide bonds. The van der Waals surface area contributed by atoms with Gasteiger partial charge in [0.2, 0.25) is 5.91 Å². The smallest absolute Gasteiger partial charge is 0.220 e. The fraction of sp³-hybridized carbons (Fsp3) is 0.923. The van der Waals surface area contributed by atoms with Crippen molar-refractivity contribution in [2.24, 2.45) is 5.73 Å². The molecule has 0 atom stereocenters. The van der Waals surface area contributed by atoms with Gasteiger partial charge in [0, 0.05) is 12.5 Å². The van der Waals surface area contributed by atoms with Crippen LogP contribution in [0, 0.1) is 0 Å². The van der Waals surface area contributed by atoms with E-state index >= 15 is 0 Å². The maximum absolute atomic E-state index is 11.6. The van der Waals surface area contributed by atoms with Gasteiger partial charge in [-0.05, 0) is 32.2 Å². The van der Waals surface area contributed by atoms with Crippen molar-refractivity contribution in [3.8, 4) is 0 Å². The molecule has 0 saturated heterocycles. The molecule has 3 N–H and O–H groups in total. The van der Waals surface area contributed by atoms with E-state index in [0.29, 0.717) is 19.0 Å². The van der Waals surface area contributed by atoms with Crippen molar-refractivity contribution >= 4 is 5.91 Å². The Kier molecular flexibility index (Phi) is 7.23. The monoisotopic (exact) mass is 226 g/mol. The molecule has 0 aromatic rings. The molecule has 0 spiro atoms. The number of nitrogens with two attached hydrogens (primary N) is 1. The van der Waals surface area contributed by atoms with Crippen molar-refractivity contribution in [3.63, 3.8) is 0 Å². The van der Waals surface area contributed by atoms with E-state index in [0.717, 1.165) is 12.8 Å². The highest BCUT2D eigenvalue weighted by Crippen LogP contribution is 2.17. The van der Waals surface area contributed by atoms with Crippen LogP contribution in [0.4, 0.5) is 0 Å². The third-order valence-electron chi connectivity index (χ3n) is 3.33. The van der Waals surface area contributed by atoms with Crippen LogP contribution in [0.2, 0.25) is 0 Å². The van der Waals surface area contributed by atoms with Gasteiger partial charge in [-0.15, -0.1) is 0 Å². The van der Waals surface area contributed by atoms with E-state index in [1.165, 1.54) is 44.9 Å². The van der Waals surface area contributed by atoms with Crippen LogP contribution in [0.25, 0.3) is 0 Å². The maximum Gasteiger partial charge on any atom is 0.220 e. The van der Waals surface area contributed by atoms with Gasteiger partial charge in [0.1, 0.15) is 0 Å². The molecule has 0 heterocycles. The molecule has 1 aliphatic rings. The lowest BCUT2D eigenvalue weighted by atomic mass is 9.96. The van der Waals surface area contributed by atoms with Crippen molar-refractivity contribution in [1.82, 2.24) is 5.32 Å². The van der Waals surface area contributed by atoms with Gasteiger partial charge in [-0.2, -0.15) is 0 Å². The molecule has 3 heteroatoms. The fourth-order valence-corrected chi connectivity index (χ4v) is 2.33. The molecule has 0 aliphatic heterocycles. The third-order valence-corrected chi connectivity index (χ3v) is 3.33. The Morgan fingerprint density at radius 3 is 2.31 bits per heavy atom. The Bertz CT molecular complexity index is 186. The molecule has 1 rings (SSSR count). The summed E-state index contributed by atoms with van der Waals surface area (Å²) >= 11 is 0. The Balaban J connectivity index is 2.14. The minimum absolute atomic E-state index is 0.221. The van der Waals surface area contributed by atoms with Crippen molar-refractivity contribution in [1.29, 1.82) is 0 Å². The van der Waals surface area contributed by atoms with Gasteiger partial charge in [-0.25, -0.2) is 0 Å². The zero-order valence-electron chi connectivity index (χ0n) is 10.3. The van der Waals surface area contributed by atoms with Gasteiger partial charge in [-0.3, -0.25) is 4.79 Å². The van der Waals surface area contributed by atoms with Gasteiger partial charge >= 0.3 is 0 Å². The number of unbranched alkanes of at least 4 members (excludes halogenated alkanes) is 1. The zero-order chi connectivity index (χ0) is 11.6. The Hall–Kier alpha value is -0.570. The lowest BCUT2D eigenvalue weighted by molar-refractivity contribution is -0.122. The zero-order valence-corrected chi connectivity index (χ0v) is 10.3. The number of carbonyl (C=O) groups excluding carboxylic acids is 1. The fourth-order valence-electron chi connectivity index (χ4n) is 2.33. The van der Waals surface area contributed by atoms with Gasteiger partial charge in [0.05, 0.1) is 0 Å². The van der Waals surface area contributed by atoms with E-state index in [4.69, 9.17) is 5.73 Å². The highest BCUT2D eigenvalue weighted by Gasteiger charge is 2.13. The molecule has 1 fully saturated rings. The largest absolute Gasteiger partial charge is 0.353 e. The quantitative estimate of drug-likeness (QED) is 0.707. The van der Waals surface area contributed by atoms with Gasteiger partial charge < -0.3 is 11.1 Å². The van der Waals surface area contributed by atoms with E-state index in [9.17, 15) is 4.79 Å². The third kappa shape index (κ3) is 6.11. The van der Waals surface area contributed by atoms with Crippen LogP contribution in [-0.2, 0) is 4.79 Å². The minimum Gasteiger partial charge on any atom is -0.353 e. The summed E-state index contributed by atoms with van der Waals surface area (Å²) in [5, 5.41) is 3.17. The van der Waals surface area contributed by atoms with E-state index in [1.54, 1.807) is 0 Å². The lowest BCUT2D eigenvalue weighted by Gasteiger charge is -2.21. The standard InChI is InChI=1S/C13H26N2O/c14-11-7-6-10-13(16)15-12-8-4-2-1-3-5-9-12/h12H,1-11,14H2,(H,15,16). The van der Waals surface area contributed by atoms with Crippen molar-refractivity contribution < 1.29 is 4.79 Å². The normalized spacial score (nSPS) is 18.8. The van der Waals surface area contributed by atoms with Crippen LogP contribution in [0.3, 0.4) is 0 Å². The molecule has 94 valence electrons.